The van der Waals surface area contributed by atoms with Crippen LogP contribution in [0.1, 0.15) is 65.2 Å². The molecule has 0 aliphatic heterocycles. The normalized spacial score (nSPS) is 15.6. The van der Waals surface area contributed by atoms with Gasteiger partial charge in [0.05, 0.1) is 6.10 Å². The van der Waals surface area contributed by atoms with Crippen molar-refractivity contribution in [2.45, 2.75) is 71.6 Å². The Kier molecular flexibility index (Phi) is 5.57. The largest absolute Gasteiger partial charge is 0.387 e. The highest BCUT2D eigenvalue weighted by molar-refractivity contribution is 5.29. The van der Waals surface area contributed by atoms with Gasteiger partial charge in [0.25, 0.3) is 0 Å². The fourth-order valence-corrected chi connectivity index (χ4v) is 2.27. The van der Waals surface area contributed by atoms with Crippen molar-refractivity contribution in [3.63, 3.8) is 0 Å². The number of nitrogens with one attached hydrogen (secondary N) is 1. The molecule has 0 bridgehead atoms. The molecule has 2 unspecified atom stereocenters. The number of hydrogen-bond donors (Lipinski definition) is 2. The Balaban J connectivity index is 2.84. The van der Waals surface area contributed by atoms with Crippen molar-refractivity contribution in [1.29, 1.82) is 0 Å². The quantitative estimate of drug-likeness (QED) is 0.847. The number of rotatable bonds is 5. The first-order valence-electron chi connectivity index (χ1n) is 7.30. The van der Waals surface area contributed by atoms with E-state index in [2.05, 4.69) is 71.1 Å². The molecular formula is C17H29NO. The Morgan fingerprint density at radius 3 is 2.00 bits per heavy atom. The van der Waals surface area contributed by atoms with Crippen molar-refractivity contribution in [3.8, 4) is 0 Å². The maximum absolute atomic E-state index is 10.5. The minimum absolute atomic E-state index is 0.112. The molecule has 2 nitrogen and oxygen atoms in total. The minimum Gasteiger partial charge on any atom is -0.387 e. The molecule has 2 N–H and O–H groups in total. The zero-order chi connectivity index (χ0) is 14.6. The van der Waals surface area contributed by atoms with Gasteiger partial charge in [0.15, 0.2) is 0 Å². The molecule has 0 aromatic heterocycles. The van der Waals surface area contributed by atoms with E-state index in [9.17, 15) is 5.11 Å². The lowest BCUT2D eigenvalue weighted by Gasteiger charge is -2.26. The molecule has 0 saturated carbocycles. The summed E-state index contributed by atoms with van der Waals surface area (Å²) in [5.41, 5.74) is 2.45. The molecule has 2 heteroatoms. The topological polar surface area (TPSA) is 32.3 Å². The second-order valence-electron chi connectivity index (χ2n) is 6.65. The molecule has 0 saturated heterocycles. The van der Waals surface area contributed by atoms with Crippen LogP contribution in [-0.2, 0) is 5.41 Å². The van der Waals surface area contributed by atoms with Crippen molar-refractivity contribution in [2.24, 2.45) is 0 Å². The van der Waals surface area contributed by atoms with Crippen LogP contribution in [0.15, 0.2) is 24.3 Å². The van der Waals surface area contributed by atoms with Crippen molar-refractivity contribution < 1.29 is 5.11 Å². The lowest BCUT2D eigenvalue weighted by Crippen LogP contribution is -2.38. The molecule has 0 radical (unpaired) electrons. The Hall–Kier alpha value is -0.860. The van der Waals surface area contributed by atoms with Gasteiger partial charge in [-0.15, -0.1) is 0 Å². The Labute approximate surface area is 118 Å². The fourth-order valence-electron chi connectivity index (χ4n) is 2.27. The van der Waals surface area contributed by atoms with E-state index < -0.39 is 6.10 Å². The summed E-state index contributed by atoms with van der Waals surface area (Å²) in [5, 5.41) is 13.9. The summed E-state index contributed by atoms with van der Waals surface area (Å²) in [4.78, 5) is 0. The van der Waals surface area contributed by atoms with E-state index in [0.717, 1.165) is 12.0 Å². The predicted molar refractivity (Wildman–Crippen MR) is 82.5 cm³/mol. The van der Waals surface area contributed by atoms with Crippen LogP contribution in [0, 0.1) is 0 Å². The first-order chi connectivity index (χ1) is 8.75. The maximum atomic E-state index is 10.5. The van der Waals surface area contributed by atoms with Crippen LogP contribution in [0.4, 0.5) is 0 Å². The van der Waals surface area contributed by atoms with E-state index in [1.807, 2.05) is 0 Å². The smallest absolute Gasteiger partial charge is 0.0942 e. The fraction of sp³-hybridized carbons (Fsp3) is 0.647. The molecule has 108 valence electrons. The highest BCUT2D eigenvalue weighted by atomic mass is 16.3. The molecule has 0 amide bonds. The van der Waals surface area contributed by atoms with Crippen molar-refractivity contribution >= 4 is 0 Å². The van der Waals surface area contributed by atoms with Crippen LogP contribution < -0.4 is 5.32 Å². The van der Waals surface area contributed by atoms with Gasteiger partial charge in [0.1, 0.15) is 0 Å². The van der Waals surface area contributed by atoms with Crippen LogP contribution in [-0.4, -0.2) is 17.2 Å². The minimum atomic E-state index is -0.443. The number of aliphatic hydroxyl groups excluding tert-OH is 1. The second kappa shape index (κ2) is 6.53. The summed E-state index contributed by atoms with van der Waals surface area (Å²) in [5.74, 6) is 0. The van der Waals surface area contributed by atoms with Gasteiger partial charge < -0.3 is 10.4 Å². The Bertz CT molecular complexity index is 375. The third-order valence-corrected chi connectivity index (χ3v) is 3.49. The van der Waals surface area contributed by atoms with E-state index >= 15 is 0 Å². The van der Waals surface area contributed by atoms with E-state index in [1.54, 1.807) is 0 Å². The zero-order valence-electron chi connectivity index (χ0n) is 13.2. The number of hydrogen-bond acceptors (Lipinski definition) is 2. The average Bonchev–Trinajstić information content (AvgIpc) is 2.34. The number of benzene rings is 1. The van der Waals surface area contributed by atoms with Gasteiger partial charge in [-0.05, 0) is 23.0 Å². The van der Waals surface area contributed by atoms with Gasteiger partial charge >= 0.3 is 0 Å². The van der Waals surface area contributed by atoms with Gasteiger partial charge in [-0.1, -0.05) is 65.8 Å². The van der Waals surface area contributed by atoms with E-state index in [0.29, 0.717) is 6.04 Å². The highest BCUT2D eigenvalue weighted by Crippen LogP contribution is 2.25. The summed E-state index contributed by atoms with van der Waals surface area (Å²) in [6.07, 6.45) is 0.474. The van der Waals surface area contributed by atoms with Crippen molar-refractivity contribution in [1.82, 2.24) is 5.32 Å². The van der Waals surface area contributed by atoms with Gasteiger partial charge in [-0.3, -0.25) is 0 Å². The number of aliphatic hydroxyl groups is 1. The maximum Gasteiger partial charge on any atom is 0.0942 e. The Morgan fingerprint density at radius 1 is 1.11 bits per heavy atom. The third kappa shape index (κ3) is 4.63. The SMILES string of the molecule is CCC(NC(C)C)C(O)c1ccc(C(C)(C)C)cc1. The molecule has 0 aliphatic rings. The summed E-state index contributed by atoms with van der Waals surface area (Å²) >= 11 is 0. The van der Waals surface area contributed by atoms with Gasteiger partial charge in [-0.2, -0.15) is 0 Å². The summed E-state index contributed by atoms with van der Waals surface area (Å²) in [6.45, 7) is 12.9. The highest BCUT2D eigenvalue weighted by Gasteiger charge is 2.20. The van der Waals surface area contributed by atoms with Crippen molar-refractivity contribution in [3.05, 3.63) is 35.4 Å². The molecule has 2 atom stereocenters. The molecular weight excluding hydrogens is 234 g/mol. The van der Waals surface area contributed by atoms with Crippen LogP contribution >= 0.6 is 0 Å². The van der Waals surface area contributed by atoms with Gasteiger partial charge in [0, 0.05) is 12.1 Å². The monoisotopic (exact) mass is 263 g/mol. The first-order valence-corrected chi connectivity index (χ1v) is 7.30. The van der Waals surface area contributed by atoms with Gasteiger partial charge in [0.2, 0.25) is 0 Å². The predicted octanol–water partition coefficient (Wildman–Crippen LogP) is 3.79. The lowest BCUT2D eigenvalue weighted by atomic mass is 9.86. The van der Waals surface area contributed by atoms with Crippen LogP contribution in [0.5, 0.6) is 0 Å². The standard InChI is InChI=1S/C17H29NO/c1-7-15(18-12(2)3)16(19)13-8-10-14(11-9-13)17(4,5)6/h8-12,15-16,18-19H,7H2,1-6H3. The zero-order valence-corrected chi connectivity index (χ0v) is 13.2. The van der Waals surface area contributed by atoms with Gasteiger partial charge in [-0.25, -0.2) is 0 Å². The third-order valence-electron chi connectivity index (χ3n) is 3.49. The first kappa shape index (κ1) is 16.2. The Morgan fingerprint density at radius 2 is 1.63 bits per heavy atom. The van der Waals surface area contributed by atoms with E-state index in [1.165, 1.54) is 5.56 Å². The molecule has 0 heterocycles. The van der Waals surface area contributed by atoms with Crippen molar-refractivity contribution in [2.75, 3.05) is 0 Å². The van der Waals surface area contributed by atoms with E-state index in [-0.39, 0.29) is 11.5 Å². The average molecular weight is 263 g/mol. The molecule has 0 aliphatic carbocycles. The van der Waals surface area contributed by atoms with Crippen LogP contribution in [0.25, 0.3) is 0 Å². The molecule has 1 aromatic carbocycles. The molecule has 19 heavy (non-hydrogen) atoms. The second-order valence-corrected chi connectivity index (χ2v) is 6.65. The molecule has 0 fully saturated rings. The van der Waals surface area contributed by atoms with E-state index in [4.69, 9.17) is 0 Å². The lowest BCUT2D eigenvalue weighted by molar-refractivity contribution is 0.121. The summed E-state index contributed by atoms with van der Waals surface area (Å²) in [6, 6.07) is 8.85. The summed E-state index contributed by atoms with van der Waals surface area (Å²) < 4.78 is 0. The summed E-state index contributed by atoms with van der Waals surface area (Å²) in [7, 11) is 0. The van der Waals surface area contributed by atoms with Crippen LogP contribution in [0.3, 0.4) is 0 Å². The molecule has 1 rings (SSSR count). The molecule has 0 spiro atoms. The van der Waals surface area contributed by atoms with Crippen LogP contribution in [0.2, 0.25) is 0 Å². The molecule has 1 aromatic rings.